The van der Waals surface area contributed by atoms with E-state index in [4.69, 9.17) is 8.85 Å². The Morgan fingerprint density at radius 3 is 1.48 bits per heavy atom. The molecule has 0 unspecified atom stereocenters. The average molecular weight is 385 g/mol. The lowest BCUT2D eigenvalue weighted by Gasteiger charge is -2.31. The first-order valence-corrected chi connectivity index (χ1v) is 13.0. The Balaban J connectivity index is 1.92. The molecule has 148 valence electrons. The summed E-state index contributed by atoms with van der Waals surface area (Å²) in [7, 11) is -2.33. The second kappa shape index (κ2) is 12.6. The third kappa shape index (κ3) is 8.21. The minimum absolute atomic E-state index is 0.932. The van der Waals surface area contributed by atoms with Crippen molar-refractivity contribution in [1.82, 2.24) is 0 Å². The van der Waals surface area contributed by atoms with Gasteiger partial charge in [0.15, 0.2) is 0 Å². The summed E-state index contributed by atoms with van der Waals surface area (Å²) >= 11 is 0. The van der Waals surface area contributed by atoms with Crippen LogP contribution in [0, 0.1) is 0 Å². The number of unbranched alkanes of at least 4 members (excludes halogenated alkanes) is 7. The van der Waals surface area contributed by atoms with Crippen LogP contribution in [0.15, 0.2) is 60.7 Å². The molecule has 0 aliphatic rings. The molecule has 0 aliphatic carbocycles. The van der Waals surface area contributed by atoms with E-state index < -0.39 is 8.56 Å². The molecule has 2 aromatic rings. The van der Waals surface area contributed by atoms with Gasteiger partial charge in [0.05, 0.1) is 0 Å². The van der Waals surface area contributed by atoms with Crippen LogP contribution in [0.25, 0.3) is 0 Å². The summed E-state index contributed by atoms with van der Waals surface area (Å²) in [4.78, 5) is 0. The quantitative estimate of drug-likeness (QED) is 0.245. The zero-order chi connectivity index (χ0) is 19.2. The maximum atomic E-state index is 6.53. The summed E-state index contributed by atoms with van der Waals surface area (Å²) in [6.07, 6.45) is 10.6. The van der Waals surface area contributed by atoms with Crippen molar-refractivity contribution in [2.45, 2.75) is 77.3 Å². The monoisotopic (exact) mass is 384 g/mol. The van der Waals surface area contributed by atoms with Gasteiger partial charge in [0.1, 0.15) is 11.5 Å². The molecule has 27 heavy (non-hydrogen) atoms. The van der Waals surface area contributed by atoms with Crippen molar-refractivity contribution >= 4 is 8.56 Å². The van der Waals surface area contributed by atoms with E-state index in [-0.39, 0.29) is 0 Å². The third-order valence-corrected chi connectivity index (χ3v) is 8.45. The fraction of sp³-hybridized carbons (Fsp3) is 0.500. The van der Waals surface area contributed by atoms with E-state index in [1.165, 1.54) is 51.4 Å². The van der Waals surface area contributed by atoms with Gasteiger partial charge in [-0.05, 0) is 30.7 Å². The van der Waals surface area contributed by atoms with Crippen LogP contribution in [0.4, 0.5) is 0 Å². The van der Waals surface area contributed by atoms with Gasteiger partial charge in [-0.25, -0.2) is 0 Å². The van der Waals surface area contributed by atoms with E-state index >= 15 is 0 Å². The van der Waals surface area contributed by atoms with E-state index in [1.54, 1.807) is 0 Å². The number of hydrogen-bond donors (Lipinski definition) is 0. The smallest absolute Gasteiger partial charge is 0.460 e. The summed E-state index contributed by atoms with van der Waals surface area (Å²) in [5.41, 5.74) is 0. The molecule has 3 heteroatoms. The van der Waals surface area contributed by atoms with Crippen LogP contribution in [0.3, 0.4) is 0 Å². The molecule has 0 N–H and O–H groups in total. The van der Waals surface area contributed by atoms with Crippen molar-refractivity contribution in [1.29, 1.82) is 0 Å². The minimum Gasteiger partial charge on any atom is -0.512 e. The van der Waals surface area contributed by atoms with Crippen LogP contribution in [-0.2, 0) is 0 Å². The van der Waals surface area contributed by atoms with Crippen molar-refractivity contribution in [2.24, 2.45) is 0 Å². The molecule has 2 rings (SSSR count). The van der Waals surface area contributed by atoms with Gasteiger partial charge in [0, 0.05) is 12.1 Å². The lowest BCUT2D eigenvalue weighted by Crippen LogP contribution is -2.47. The maximum absolute atomic E-state index is 6.53. The second-order valence-corrected chi connectivity index (χ2v) is 10.8. The Labute approximate surface area is 167 Å². The van der Waals surface area contributed by atoms with E-state index in [1.807, 2.05) is 60.7 Å². The van der Waals surface area contributed by atoms with E-state index in [9.17, 15) is 0 Å². The first kappa shape index (κ1) is 21.6. The Bertz CT molecular complexity index is 559. The highest BCUT2D eigenvalue weighted by Gasteiger charge is 2.39. The van der Waals surface area contributed by atoms with E-state index in [2.05, 4.69) is 13.8 Å². The van der Waals surface area contributed by atoms with Crippen molar-refractivity contribution in [3.05, 3.63) is 60.7 Å². The van der Waals surface area contributed by atoms with Crippen molar-refractivity contribution in [3.8, 4) is 11.5 Å². The lowest BCUT2D eigenvalue weighted by atomic mass is 10.1. The number of hydrogen-bond acceptors (Lipinski definition) is 2. The fourth-order valence-corrected chi connectivity index (χ4v) is 6.19. The Morgan fingerprint density at radius 2 is 1.04 bits per heavy atom. The van der Waals surface area contributed by atoms with Gasteiger partial charge in [-0.1, -0.05) is 95.2 Å². The average Bonchev–Trinajstić information content (AvgIpc) is 2.71. The standard InChI is InChI=1S/C24H36O2Si/c1-3-5-6-7-8-9-10-17-22-27(4-2,25-23-18-13-11-14-19-23)26-24-20-15-12-16-21-24/h11-16,18-21H,3-10,17,22H2,1-2H3. The SMILES string of the molecule is CCCCCCCCCC[Si](CC)(Oc1ccccc1)Oc1ccccc1. The molecule has 0 radical (unpaired) electrons. The first-order chi connectivity index (χ1) is 13.3. The fourth-order valence-electron chi connectivity index (χ4n) is 3.38. The van der Waals surface area contributed by atoms with E-state index in [0.717, 1.165) is 23.6 Å². The molecule has 0 spiro atoms. The molecular weight excluding hydrogens is 348 g/mol. The largest absolute Gasteiger partial charge is 0.512 e. The molecule has 2 aromatic carbocycles. The maximum Gasteiger partial charge on any atom is 0.460 e. The van der Waals surface area contributed by atoms with Crippen LogP contribution < -0.4 is 8.85 Å². The van der Waals surface area contributed by atoms with Crippen LogP contribution in [-0.4, -0.2) is 8.56 Å². The van der Waals surface area contributed by atoms with Gasteiger partial charge in [-0.2, -0.15) is 0 Å². The lowest BCUT2D eigenvalue weighted by molar-refractivity contribution is 0.375. The summed E-state index contributed by atoms with van der Waals surface area (Å²) in [5.74, 6) is 1.86. The molecule has 0 saturated heterocycles. The summed E-state index contributed by atoms with van der Waals surface area (Å²) in [5, 5.41) is 0. The van der Waals surface area contributed by atoms with Crippen LogP contribution in [0.2, 0.25) is 12.1 Å². The number of benzene rings is 2. The molecule has 0 atom stereocenters. The summed E-state index contributed by atoms with van der Waals surface area (Å²) < 4.78 is 13.1. The van der Waals surface area contributed by atoms with Gasteiger partial charge < -0.3 is 8.85 Å². The second-order valence-electron chi connectivity index (χ2n) is 7.32. The summed E-state index contributed by atoms with van der Waals surface area (Å²) in [6.45, 7) is 4.48. The molecule has 0 aromatic heterocycles. The van der Waals surface area contributed by atoms with Crippen molar-refractivity contribution in [3.63, 3.8) is 0 Å². The van der Waals surface area contributed by atoms with Gasteiger partial charge in [-0.3, -0.25) is 0 Å². The zero-order valence-electron chi connectivity index (χ0n) is 17.2. The Morgan fingerprint density at radius 1 is 0.593 bits per heavy atom. The van der Waals surface area contributed by atoms with Crippen molar-refractivity contribution in [2.75, 3.05) is 0 Å². The zero-order valence-corrected chi connectivity index (χ0v) is 18.2. The van der Waals surface area contributed by atoms with Gasteiger partial charge in [-0.15, -0.1) is 0 Å². The molecule has 2 nitrogen and oxygen atoms in total. The molecule has 0 fully saturated rings. The van der Waals surface area contributed by atoms with Crippen LogP contribution in [0.5, 0.6) is 11.5 Å². The highest BCUT2D eigenvalue weighted by atomic mass is 28.4. The first-order valence-electron chi connectivity index (χ1n) is 10.8. The minimum atomic E-state index is -2.33. The van der Waals surface area contributed by atoms with Gasteiger partial charge in [0.25, 0.3) is 0 Å². The molecule has 0 amide bonds. The predicted octanol–water partition coefficient (Wildman–Crippen LogP) is 7.75. The van der Waals surface area contributed by atoms with Gasteiger partial charge >= 0.3 is 8.56 Å². The normalized spacial score (nSPS) is 11.3. The van der Waals surface area contributed by atoms with Crippen LogP contribution >= 0.6 is 0 Å². The van der Waals surface area contributed by atoms with Crippen LogP contribution in [0.1, 0.15) is 65.2 Å². The number of para-hydroxylation sites is 2. The Kier molecular flexibility index (Phi) is 10.1. The highest BCUT2D eigenvalue weighted by molar-refractivity contribution is 6.68. The third-order valence-electron chi connectivity index (χ3n) is 5.04. The molecule has 0 saturated carbocycles. The molecule has 0 bridgehead atoms. The number of rotatable bonds is 14. The summed E-state index contributed by atoms with van der Waals surface area (Å²) in [6, 6.07) is 22.3. The molecular formula is C24H36O2Si. The molecule has 0 aliphatic heterocycles. The van der Waals surface area contributed by atoms with Gasteiger partial charge in [0.2, 0.25) is 0 Å². The topological polar surface area (TPSA) is 18.5 Å². The predicted molar refractivity (Wildman–Crippen MR) is 118 cm³/mol. The molecule has 0 heterocycles. The van der Waals surface area contributed by atoms with Crippen molar-refractivity contribution < 1.29 is 8.85 Å². The highest BCUT2D eigenvalue weighted by Crippen LogP contribution is 2.28. The Hall–Kier alpha value is -1.74. The van der Waals surface area contributed by atoms with E-state index in [0.29, 0.717) is 0 Å².